The van der Waals surface area contributed by atoms with Gasteiger partial charge in [-0.3, -0.25) is 4.21 Å². The molecule has 1 N–H and O–H groups in total. The molecule has 1 heterocycles. The Morgan fingerprint density at radius 2 is 2.16 bits per heavy atom. The third-order valence-corrected chi connectivity index (χ3v) is 4.20. The van der Waals surface area contributed by atoms with E-state index in [9.17, 15) is 9.00 Å². The lowest BCUT2D eigenvalue weighted by Crippen LogP contribution is -2.14. The highest BCUT2D eigenvalue weighted by Gasteiger charge is 2.17. The third kappa shape index (κ3) is 4.90. The van der Waals surface area contributed by atoms with Crippen LogP contribution in [0.2, 0.25) is 5.02 Å². The fourth-order valence-corrected chi connectivity index (χ4v) is 2.70. The van der Waals surface area contributed by atoms with Crippen LogP contribution < -0.4 is 10.1 Å². The Morgan fingerprint density at radius 3 is 2.76 bits per heavy atom. The van der Waals surface area contributed by atoms with Crippen LogP contribution in [-0.2, 0) is 22.1 Å². The van der Waals surface area contributed by atoms with Crippen LogP contribution in [-0.4, -0.2) is 40.1 Å². The van der Waals surface area contributed by atoms with Gasteiger partial charge in [0.15, 0.2) is 0 Å². The van der Waals surface area contributed by atoms with Crippen LogP contribution in [0.3, 0.4) is 0 Å². The minimum atomic E-state index is -1.37. The third-order valence-electron chi connectivity index (χ3n) is 3.20. The van der Waals surface area contributed by atoms with Crippen LogP contribution in [0.15, 0.2) is 29.6 Å². The van der Waals surface area contributed by atoms with E-state index in [4.69, 9.17) is 21.1 Å². The van der Waals surface area contributed by atoms with Gasteiger partial charge in [-0.2, -0.15) is 0 Å². The molecule has 0 aliphatic heterocycles. The molecule has 0 fully saturated rings. The van der Waals surface area contributed by atoms with E-state index in [0.29, 0.717) is 17.3 Å². The lowest BCUT2D eigenvalue weighted by molar-refractivity contribution is 0.0526. The van der Waals surface area contributed by atoms with E-state index in [1.165, 1.54) is 19.6 Å². The smallest absolute Gasteiger partial charge is 0.343 e. The molecule has 9 heteroatoms. The fraction of sp³-hybridized carbons (Fsp3) is 0.312. The normalized spacial score (nSPS) is 11.7. The average Bonchev–Trinajstić information content (AvgIpc) is 2.60. The number of rotatable bonds is 7. The van der Waals surface area contributed by atoms with E-state index in [0.717, 1.165) is 5.56 Å². The van der Waals surface area contributed by atoms with E-state index in [2.05, 4.69) is 15.3 Å². The molecule has 0 bridgehead atoms. The quantitative estimate of drug-likeness (QED) is 0.580. The van der Waals surface area contributed by atoms with E-state index in [1.807, 2.05) is 6.07 Å². The van der Waals surface area contributed by atoms with Gasteiger partial charge in [0, 0.05) is 19.0 Å². The second-order valence-electron chi connectivity index (χ2n) is 4.91. The molecule has 0 aliphatic carbocycles. The van der Waals surface area contributed by atoms with Crippen LogP contribution in [0.1, 0.15) is 22.8 Å². The largest absolute Gasteiger partial charge is 0.495 e. The first kappa shape index (κ1) is 19.1. The number of ether oxygens (including phenoxy) is 2. The highest BCUT2D eigenvalue weighted by molar-refractivity contribution is 7.84. The maximum atomic E-state index is 12.0. The maximum absolute atomic E-state index is 12.0. The summed E-state index contributed by atoms with van der Waals surface area (Å²) in [6.07, 6.45) is 2.78. The van der Waals surface area contributed by atoms with Crippen molar-refractivity contribution in [2.24, 2.45) is 0 Å². The standard InChI is InChI=1S/C16H18ClN3O4S/c1-4-24-15(21)11-9-19-16(25(3)22)20-14(11)18-8-10-5-6-13(23-2)12(17)7-10/h5-7,9H,4,8H2,1-3H3,(H,18,19,20)/t25-/m0/s1. The zero-order valence-corrected chi connectivity index (χ0v) is 15.6. The van der Waals surface area contributed by atoms with Gasteiger partial charge in [-0.1, -0.05) is 17.7 Å². The lowest BCUT2D eigenvalue weighted by atomic mass is 10.2. The predicted octanol–water partition coefficient (Wildman–Crippen LogP) is 2.66. The van der Waals surface area contributed by atoms with Crippen molar-refractivity contribution in [1.29, 1.82) is 0 Å². The van der Waals surface area contributed by atoms with Crippen molar-refractivity contribution in [3.05, 3.63) is 40.5 Å². The Morgan fingerprint density at radius 1 is 1.40 bits per heavy atom. The summed E-state index contributed by atoms with van der Waals surface area (Å²) in [5.74, 6) is 0.278. The first-order valence-electron chi connectivity index (χ1n) is 7.40. The molecule has 2 aromatic rings. The van der Waals surface area contributed by atoms with Gasteiger partial charge >= 0.3 is 5.97 Å². The second-order valence-corrected chi connectivity index (χ2v) is 6.59. The molecule has 0 saturated heterocycles. The number of hydrogen-bond acceptors (Lipinski definition) is 7. The zero-order chi connectivity index (χ0) is 18.4. The van der Waals surface area contributed by atoms with Crippen molar-refractivity contribution in [3.63, 3.8) is 0 Å². The van der Waals surface area contributed by atoms with Gasteiger partial charge in [-0.25, -0.2) is 14.8 Å². The summed E-state index contributed by atoms with van der Waals surface area (Å²) in [5, 5.41) is 3.65. The van der Waals surface area contributed by atoms with Crippen LogP contribution in [0.5, 0.6) is 5.75 Å². The number of esters is 1. The topological polar surface area (TPSA) is 90.4 Å². The number of hydrogen-bond donors (Lipinski definition) is 1. The van der Waals surface area contributed by atoms with Gasteiger partial charge in [0.25, 0.3) is 0 Å². The molecular weight excluding hydrogens is 366 g/mol. The Bertz CT molecular complexity index is 801. The number of carbonyl (C=O) groups is 1. The minimum Gasteiger partial charge on any atom is -0.495 e. The molecule has 1 aromatic heterocycles. The van der Waals surface area contributed by atoms with E-state index in [-0.39, 0.29) is 23.1 Å². The van der Waals surface area contributed by atoms with E-state index >= 15 is 0 Å². The molecular formula is C16H18ClN3O4S. The summed E-state index contributed by atoms with van der Waals surface area (Å²) in [7, 11) is 0.167. The molecule has 0 amide bonds. The zero-order valence-electron chi connectivity index (χ0n) is 14.0. The number of anilines is 1. The number of halogens is 1. The number of carbonyl (C=O) groups excluding carboxylic acids is 1. The Labute approximate surface area is 153 Å². The van der Waals surface area contributed by atoms with Gasteiger partial charge in [0.1, 0.15) is 17.1 Å². The summed E-state index contributed by atoms with van der Waals surface area (Å²) in [5.41, 5.74) is 1.04. The van der Waals surface area contributed by atoms with Crippen molar-refractivity contribution in [3.8, 4) is 5.75 Å². The van der Waals surface area contributed by atoms with Crippen molar-refractivity contribution >= 4 is 34.2 Å². The fourth-order valence-electron chi connectivity index (χ4n) is 2.00. The molecule has 134 valence electrons. The van der Waals surface area contributed by atoms with Gasteiger partial charge in [0.2, 0.25) is 5.16 Å². The Kier molecular flexibility index (Phi) is 6.72. The molecule has 0 saturated carbocycles. The van der Waals surface area contributed by atoms with Crippen LogP contribution >= 0.6 is 11.6 Å². The van der Waals surface area contributed by atoms with Gasteiger partial charge in [0.05, 0.1) is 29.5 Å². The molecule has 1 aromatic carbocycles. The Balaban J connectivity index is 2.26. The number of nitrogens with zero attached hydrogens (tertiary/aromatic N) is 2. The van der Waals surface area contributed by atoms with Crippen molar-refractivity contribution in [2.45, 2.75) is 18.6 Å². The van der Waals surface area contributed by atoms with Crippen molar-refractivity contribution < 1.29 is 18.5 Å². The number of benzene rings is 1. The van der Waals surface area contributed by atoms with E-state index < -0.39 is 16.8 Å². The molecule has 0 radical (unpaired) electrons. The average molecular weight is 384 g/mol. The van der Waals surface area contributed by atoms with E-state index in [1.54, 1.807) is 19.1 Å². The molecule has 25 heavy (non-hydrogen) atoms. The summed E-state index contributed by atoms with van der Waals surface area (Å²) in [4.78, 5) is 20.1. The van der Waals surface area contributed by atoms with Crippen molar-refractivity contribution in [1.82, 2.24) is 9.97 Å². The molecule has 0 aliphatic rings. The highest BCUT2D eigenvalue weighted by atomic mass is 35.5. The van der Waals surface area contributed by atoms with Gasteiger partial charge in [-0.15, -0.1) is 0 Å². The number of nitrogens with one attached hydrogen (secondary N) is 1. The summed E-state index contributed by atoms with van der Waals surface area (Å²) in [6, 6.07) is 5.33. The lowest BCUT2D eigenvalue weighted by Gasteiger charge is -2.12. The summed E-state index contributed by atoms with van der Waals surface area (Å²) in [6.45, 7) is 2.29. The highest BCUT2D eigenvalue weighted by Crippen LogP contribution is 2.25. The molecule has 2 rings (SSSR count). The SMILES string of the molecule is CCOC(=O)c1cnc([S@](C)=O)nc1NCc1ccc(OC)c(Cl)c1. The van der Waals surface area contributed by atoms with Gasteiger partial charge < -0.3 is 14.8 Å². The predicted molar refractivity (Wildman–Crippen MR) is 95.7 cm³/mol. The maximum Gasteiger partial charge on any atom is 0.343 e. The van der Waals surface area contributed by atoms with Crippen LogP contribution in [0, 0.1) is 0 Å². The van der Waals surface area contributed by atoms with Crippen molar-refractivity contribution in [2.75, 3.05) is 25.3 Å². The van der Waals surface area contributed by atoms with Gasteiger partial charge in [-0.05, 0) is 24.6 Å². The van der Waals surface area contributed by atoms with Crippen LogP contribution in [0.4, 0.5) is 5.82 Å². The molecule has 7 nitrogen and oxygen atoms in total. The minimum absolute atomic E-state index is 0.128. The molecule has 1 atom stereocenters. The number of aromatic nitrogens is 2. The van der Waals surface area contributed by atoms with Crippen LogP contribution in [0.25, 0.3) is 0 Å². The monoisotopic (exact) mass is 383 g/mol. The molecule has 0 spiro atoms. The molecule has 0 unspecified atom stereocenters. The Hall–Kier alpha value is -2.19. The first-order valence-corrected chi connectivity index (χ1v) is 9.33. The second kappa shape index (κ2) is 8.77. The first-order chi connectivity index (χ1) is 12.0. The summed E-state index contributed by atoms with van der Waals surface area (Å²) >= 11 is 6.11. The summed E-state index contributed by atoms with van der Waals surface area (Å²) < 4.78 is 21.7. The number of methoxy groups -OCH3 is 1.